The molecule has 8 heteroatoms. The normalized spacial score (nSPS) is 20.8. The fraction of sp³-hybridized carbons (Fsp3) is 0.350. The fourth-order valence-corrected chi connectivity index (χ4v) is 3.35. The Kier molecular flexibility index (Phi) is 4.95. The Morgan fingerprint density at radius 2 is 2.00 bits per heavy atom. The summed E-state index contributed by atoms with van der Waals surface area (Å²) in [5.74, 6) is 1.11. The zero-order valence-electron chi connectivity index (χ0n) is 15.3. The molecule has 0 unspecified atom stereocenters. The molecule has 0 bridgehead atoms. The topological polar surface area (TPSA) is 77.5 Å². The van der Waals surface area contributed by atoms with Crippen LogP contribution in [0.25, 0.3) is 0 Å². The minimum Gasteiger partial charge on any atom is -0.493 e. The van der Waals surface area contributed by atoms with Crippen molar-refractivity contribution in [3.63, 3.8) is 0 Å². The predicted molar refractivity (Wildman–Crippen MR) is 96.5 cm³/mol. The summed E-state index contributed by atoms with van der Waals surface area (Å²) >= 11 is 0. The monoisotopic (exact) mass is 389 g/mol. The number of β-amino-alcohol motifs (C(OH)–C–C–N with tert-alkyl or cyclic N) is 1. The molecule has 7 nitrogen and oxygen atoms in total. The van der Waals surface area contributed by atoms with E-state index >= 15 is 0 Å². The Hall–Kier alpha value is -3.00. The maximum atomic E-state index is 13.3. The van der Waals surface area contributed by atoms with E-state index in [4.69, 9.17) is 18.9 Å². The third-order valence-corrected chi connectivity index (χ3v) is 4.83. The van der Waals surface area contributed by atoms with Crippen molar-refractivity contribution in [3.8, 4) is 23.0 Å². The van der Waals surface area contributed by atoms with Crippen LogP contribution in [0.3, 0.4) is 0 Å². The lowest BCUT2D eigenvalue weighted by atomic mass is 10.0. The van der Waals surface area contributed by atoms with Crippen LogP contribution in [-0.4, -0.2) is 55.1 Å². The Bertz CT molecular complexity index is 889. The molecule has 0 radical (unpaired) electrons. The van der Waals surface area contributed by atoms with E-state index < -0.39 is 18.0 Å². The van der Waals surface area contributed by atoms with Crippen molar-refractivity contribution in [1.29, 1.82) is 0 Å². The van der Waals surface area contributed by atoms with Gasteiger partial charge in [-0.05, 0) is 30.3 Å². The standard InChI is InChI=1S/C20H20FNO6/c1-25-18-9-13(21)3-5-17(18)28-15-6-7-22(10-14(15)23)20(24)12-2-4-16-19(8-12)27-11-26-16/h2-5,8-9,14-15,23H,6-7,10-11H2,1H3/t14-,15-/m1/s1. The molecule has 2 aromatic rings. The molecule has 1 saturated heterocycles. The number of methoxy groups -OCH3 is 1. The first-order valence-electron chi connectivity index (χ1n) is 8.92. The lowest BCUT2D eigenvalue weighted by Gasteiger charge is -2.36. The number of likely N-dealkylation sites (tertiary alicyclic amines) is 1. The molecule has 1 N–H and O–H groups in total. The van der Waals surface area contributed by atoms with Gasteiger partial charge in [0.1, 0.15) is 18.0 Å². The number of carbonyl (C=O) groups is 1. The van der Waals surface area contributed by atoms with Crippen LogP contribution in [0.2, 0.25) is 0 Å². The van der Waals surface area contributed by atoms with Crippen molar-refractivity contribution < 1.29 is 33.2 Å². The van der Waals surface area contributed by atoms with E-state index in [2.05, 4.69) is 0 Å². The first-order valence-corrected chi connectivity index (χ1v) is 8.92. The van der Waals surface area contributed by atoms with Gasteiger partial charge in [0.05, 0.1) is 13.7 Å². The highest BCUT2D eigenvalue weighted by Gasteiger charge is 2.33. The van der Waals surface area contributed by atoms with Crippen LogP contribution in [0, 0.1) is 5.82 Å². The van der Waals surface area contributed by atoms with Gasteiger partial charge in [-0.1, -0.05) is 0 Å². The number of carbonyl (C=O) groups excluding carboxylic acids is 1. The smallest absolute Gasteiger partial charge is 0.254 e. The van der Waals surface area contributed by atoms with E-state index in [1.54, 1.807) is 23.1 Å². The molecule has 28 heavy (non-hydrogen) atoms. The summed E-state index contributed by atoms with van der Waals surface area (Å²) in [7, 11) is 1.42. The number of hydrogen-bond donors (Lipinski definition) is 1. The number of fused-ring (bicyclic) bond motifs is 1. The number of nitrogens with zero attached hydrogens (tertiary/aromatic N) is 1. The van der Waals surface area contributed by atoms with Gasteiger partial charge in [-0.25, -0.2) is 4.39 Å². The molecule has 2 heterocycles. The van der Waals surface area contributed by atoms with Gasteiger partial charge in [-0.3, -0.25) is 4.79 Å². The highest BCUT2D eigenvalue weighted by molar-refractivity contribution is 5.95. The molecular formula is C20H20FNO6. The number of rotatable bonds is 4. The maximum absolute atomic E-state index is 13.3. The minimum absolute atomic E-state index is 0.126. The Labute approximate surface area is 161 Å². The number of benzene rings is 2. The number of amides is 1. The third kappa shape index (κ3) is 3.55. The molecule has 0 saturated carbocycles. The molecule has 148 valence electrons. The summed E-state index contributed by atoms with van der Waals surface area (Å²) in [5, 5.41) is 10.5. The summed E-state index contributed by atoms with van der Waals surface area (Å²) in [5.41, 5.74) is 0.469. The first-order chi connectivity index (χ1) is 13.5. The highest BCUT2D eigenvalue weighted by Crippen LogP contribution is 2.33. The zero-order valence-corrected chi connectivity index (χ0v) is 15.3. The third-order valence-electron chi connectivity index (χ3n) is 4.83. The van der Waals surface area contributed by atoms with Crippen LogP contribution in [-0.2, 0) is 0 Å². The second-order valence-electron chi connectivity index (χ2n) is 6.63. The molecule has 2 atom stereocenters. The predicted octanol–water partition coefficient (Wildman–Crippen LogP) is 2.22. The van der Waals surface area contributed by atoms with Crippen LogP contribution in [0.1, 0.15) is 16.8 Å². The number of aliphatic hydroxyl groups is 1. The SMILES string of the molecule is COc1cc(F)ccc1O[C@@H]1CCN(C(=O)c2ccc3c(c2)OCO3)C[C@H]1O. The molecular weight excluding hydrogens is 369 g/mol. The number of halogens is 1. The van der Waals surface area contributed by atoms with Gasteiger partial charge >= 0.3 is 0 Å². The van der Waals surface area contributed by atoms with Crippen molar-refractivity contribution in [1.82, 2.24) is 4.90 Å². The number of hydrogen-bond acceptors (Lipinski definition) is 6. The molecule has 1 fully saturated rings. The molecule has 4 rings (SSSR count). The molecule has 0 aliphatic carbocycles. The van der Waals surface area contributed by atoms with Gasteiger partial charge < -0.3 is 29.0 Å². The van der Waals surface area contributed by atoms with Crippen LogP contribution in [0.15, 0.2) is 36.4 Å². The van der Waals surface area contributed by atoms with E-state index in [0.29, 0.717) is 35.8 Å². The second kappa shape index (κ2) is 7.55. The lowest BCUT2D eigenvalue weighted by Crippen LogP contribution is -2.51. The molecule has 0 aromatic heterocycles. The highest BCUT2D eigenvalue weighted by atomic mass is 19.1. The number of aliphatic hydroxyl groups excluding tert-OH is 1. The minimum atomic E-state index is -0.888. The van der Waals surface area contributed by atoms with Crippen molar-refractivity contribution in [3.05, 3.63) is 47.8 Å². The van der Waals surface area contributed by atoms with E-state index in [9.17, 15) is 14.3 Å². The Balaban J connectivity index is 1.42. The van der Waals surface area contributed by atoms with Gasteiger partial charge in [0.2, 0.25) is 6.79 Å². The van der Waals surface area contributed by atoms with E-state index in [-0.39, 0.29) is 25.0 Å². The van der Waals surface area contributed by atoms with Gasteiger partial charge in [0.15, 0.2) is 23.0 Å². The Morgan fingerprint density at radius 1 is 1.18 bits per heavy atom. The maximum Gasteiger partial charge on any atom is 0.254 e. The van der Waals surface area contributed by atoms with Crippen LogP contribution in [0.4, 0.5) is 4.39 Å². The average molecular weight is 389 g/mol. The van der Waals surface area contributed by atoms with E-state index in [1.807, 2.05) is 0 Å². The van der Waals surface area contributed by atoms with E-state index in [0.717, 1.165) is 0 Å². The van der Waals surface area contributed by atoms with Crippen molar-refractivity contribution >= 4 is 5.91 Å². The summed E-state index contributed by atoms with van der Waals surface area (Å²) in [4.78, 5) is 14.3. The first kappa shape index (κ1) is 18.4. The number of ether oxygens (including phenoxy) is 4. The van der Waals surface area contributed by atoms with Gasteiger partial charge in [0.25, 0.3) is 5.91 Å². The van der Waals surface area contributed by atoms with Gasteiger partial charge in [-0.15, -0.1) is 0 Å². The van der Waals surface area contributed by atoms with E-state index in [1.165, 1.54) is 25.3 Å². The summed E-state index contributed by atoms with van der Waals surface area (Å²) in [6.45, 7) is 0.682. The summed E-state index contributed by atoms with van der Waals surface area (Å²) < 4.78 is 34.8. The molecule has 0 spiro atoms. The molecule has 1 amide bonds. The van der Waals surface area contributed by atoms with Gasteiger partial charge in [0, 0.05) is 24.6 Å². The van der Waals surface area contributed by atoms with Crippen LogP contribution >= 0.6 is 0 Å². The lowest BCUT2D eigenvalue weighted by molar-refractivity contribution is -0.0207. The summed E-state index contributed by atoms with van der Waals surface area (Å²) in [6.07, 6.45) is -0.987. The quantitative estimate of drug-likeness (QED) is 0.864. The van der Waals surface area contributed by atoms with Crippen LogP contribution in [0.5, 0.6) is 23.0 Å². The van der Waals surface area contributed by atoms with Crippen LogP contribution < -0.4 is 18.9 Å². The van der Waals surface area contributed by atoms with Crippen molar-refractivity contribution in [2.75, 3.05) is 27.0 Å². The number of piperidine rings is 1. The molecule has 2 aliphatic heterocycles. The zero-order chi connectivity index (χ0) is 19.7. The largest absolute Gasteiger partial charge is 0.493 e. The molecule has 2 aliphatic rings. The average Bonchev–Trinajstić information content (AvgIpc) is 3.17. The van der Waals surface area contributed by atoms with Crippen molar-refractivity contribution in [2.45, 2.75) is 18.6 Å². The summed E-state index contributed by atoms with van der Waals surface area (Å²) in [6, 6.07) is 8.97. The fourth-order valence-electron chi connectivity index (χ4n) is 3.35. The Morgan fingerprint density at radius 3 is 2.79 bits per heavy atom. The van der Waals surface area contributed by atoms with Gasteiger partial charge in [-0.2, -0.15) is 0 Å². The molecule has 2 aromatic carbocycles. The second-order valence-corrected chi connectivity index (χ2v) is 6.63. The van der Waals surface area contributed by atoms with Crippen molar-refractivity contribution in [2.24, 2.45) is 0 Å².